The van der Waals surface area contributed by atoms with Gasteiger partial charge in [0.2, 0.25) is 11.8 Å². The average molecular weight is 464 g/mol. The monoisotopic (exact) mass is 463 g/mol. The first-order valence-corrected chi connectivity index (χ1v) is 12.2. The van der Waals surface area contributed by atoms with Crippen LogP contribution in [0.25, 0.3) is 5.69 Å². The molecule has 7 nitrogen and oxygen atoms in total. The molecule has 0 radical (unpaired) electrons. The van der Waals surface area contributed by atoms with E-state index in [-0.39, 0.29) is 17.1 Å². The number of carbonyl (C=O) groups excluding carboxylic acids is 2. The molecule has 1 atom stereocenters. The summed E-state index contributed by atoms with van der Waals surface area (Å²) in [7, 11) is 0. The molecule has 1 aromatic heterocycles. The van der Waals surface area contributed by atoms with Crippen molar-refractivity contribution in [3.63, 3.8) is 0 Å². The van der Waals surface area contributed by atoms with Gasteiger partial charge in [0, 0.05) is 31.6 Å². The number of nitrogens with zero attached hydrogens (tertiary/aromatic N) is 4. The summed E-state index contributed by atoms with van der Waals surface area (Å²) in [5.74, 6) is 1.24. The van der Waals surface area contributed by atoms with Gasteiger partial charge < -0.3 is 10.2 Å². The fourth-order valence-electron chi connectivity index (χ4n) is 3.75. The number of nitrogens with one attached hydrogen (secondary N) is 1. The fraction of sp³-hybridized carbons (Fsp3) is 0.360. The maximum atomic E-state index is 13.3. The third kappa shape index (κ3) is 5.63. The van der Waals surface area contributed by atoms with Crippen LogP contribution in [0.4, 0.5) is 5.69 Å². The smallest absolute Gasteiger partial charge is 0.236 e. The lowest BCUT2D eigenvalue weighted by Gasteiger charge is -2.24. The van der Waals surface area contributed by atoms with Gasteiger partial charge in [0.15, 0.2) is 5.16 Å². The van der Waals surface area contributed by atoms with Crippen molar-refractivity contribution in [1.29, 1.82) is 0 Å². The number of benzene rings is 2. The van der Waals surface area contributed by atoms with E-state index in [1.165, 1.54) is 18.7 Å². The van der Waals surface area contributed by atoms with Gasteiger partial charge in [-0.05, 0) is 50.5 Å². The number of amides is 2. The van der Waals surface area contributed by atoms with E-state index in [4.69, 9.17) is 0 Å². The Morgan fingerprint density at radius 2 is 1.91 bits per heavy atom. The number of aromatic nitrogens is 3. The normalized spacial score (nSPS) is 14.0. The van der Waals surface area contributed by atoms with E-state index >= 15 is 0 Å². The van der Waals surface area contributed by atoms with Gasteiger partial charge >= 0.3 is 0 Å². The van der Waals surface area contributed by atoms with Gasteiger partial charge in [-0.3, -0.25) is 14.2 Å². The SMILES string of the molecule is CCN(Cc1ccccc1)C(=O)C(C)Sc1nnc(C2CC2)n1-c1cccc(NC(C)=O)c1. The molecule has 4 rings (SSSR count). The molecule has 1 fully saturated rings. The van der Waals surface area contributed by atoms with Gasteiger partial charge in [-0.25, -0.2) is 0 Å². The molecule has 1 aliphatic rings. The Kier molecular flexibility index (Phi) is 7.13. The van der Waals surface area contributed by atoms with Crippen molar-refractivity contribution in [3.05, 3.63) is 66.0 Å². The Bertz CT molecular complexity index is 1130. The van der Waals surface area contributed by atoms with Crippen molar-refractivity contribution >= 4 is 29.3 Å². The first-order chi connectivity index (χ1) is 16.0. The van der Waals surface area contributed by atoms with E-state index in [0.717, 1.165) is 35.6 Å². The molecular weight excluding hydrogens is 434 g/mol. The van der Waals surface area contributed by atoms with Crippen LogP contribution in [-0.4, -0.2) is 43.3 Å². The Labute approximate surface area is 198 Å². The molecule has 1 aliphatic carbocycles. The van der Waals surface area contributed by atoms with Crippen LogP contribution < -0.4 is 5.32 Å². The van der Waals surface area contributed by atoms with Crippen LogP contribution in [-0.2, 0) is 16.1 Å². The van der Waals surface area contributed by atoms with E-state index in [1.54, 1.807) is 0 Å². The van der Waals surface area contributed by atoms with Crippen molar-refractivity contribution in [2.75, 3.05) is 11.9 Å². The number of rotatable bonds is 9. The lowest BCUT2D eigenvalue weighted by atomic mass is 10.2. The molecule has 33 heavy (non-hydrogen) atoms. The van der Waals surface area contributed by atoms with Crippen LogP contribution >= 0.6 is 11.8 Å². The maximum Gasteiger partial charge on any atom is 0.236 e. The zero-order valence-electron chi connectivity index (χ0n) is 19.2. The third-order valence-electron chi connectivity index (χ3n) is 5.57. The standard InChI is InChI=1S/C25H29N5O2S/c1-4-29(16-19-9-6-5-7-10-19)24(32)17(2)33-25-28-27-23(20-13-14-20)30(25)22-12-8-11-21(15-22)26-18(3)31/h5-12,15,17,20H,4,13-14,16H2,1-3H3,(H,26,31). The van der Waals surface area contributed by atoms with Gasteiger partial charge in [0.25, 0.3) is 0 Å². The number of anilines is 1. The molecule has 1 heterocycles. The fourth-order valence-corrected chi connectivity index (χ4v) is 4.71. The second-order valence-corrected chi connectivity index (χ2v) is 9.59. The first-order valence-electron chi connectivity index (χ1n) is 11.3. The van der Waals surface area contributed by atoms with E-state index in [1.807, 2.05) is 77.9 Å². The molecule has 1 unspecified atom stereocenters. The number of carbonyl (C=O) groups is 2. The summed E-state index contributed by atoms with van der Waals surface area (Å²) < 4.78 is 2.03. The zero-order valence-corrected chi connectivity index (χ0v) is 20.0. The predicted octanol–water partition coefficient (Wildman–Crippen LogP) is 4.63. The van der Waals surface area contributed by atoms with Crippen molar-refractivity contribution in [2.45, 2.75) is 56.5 Å². The highest BCUT2D eigenvalue weighted by atomic mass is 32.2. The molecule has 0 saturated heterocycles. The number of hydrogen-bond donors (Lipinski definition) is 1. The molecule has 0 bridgehead atoms. The van der Waals surface area contributed by atoms with Crippen molar-refractivity contribution in [3.8, 4) is 5.69 Å². The molecule has 1 N–H and O–H groups in total. The van der Waals surface area contributed by atoms with Gasteiger partial charge in [-0.1, -0.05) is 48.2 Å². The highest BCUT2D eigenvalue weighted by Gasteiger charge is 2.32. The topological polar surface area (TPSA) is 80.1 Å². The minimum atomic E-state index is -0.317. The summed E-state index contributed by atoms with van der Waals surface area (Å²) in [6, 6.07) is 17.7. The van der Waals surface area contributed by atoms with E-state index in [2.05, 4.69) is 15.5 Å². The van der Waals surface area contributed by atoms with Crippen LogP contribution in [0.5, 0.6) is 0 Å². The highest BCUT2D eigenvalue weighted by Crippen LogP contribution is 2.41. The van der Waals surface area contributed by atoms with Crippen LogP contribution in [0.1, 0.15) is 50.9 Å². The van der Waals surface area contributed by atoms with Crippen LogP contribution in [0.3, 0.4) is 0 Å². The molecule has 172 valence electrons. The Morgan fingerprint density at radius 3 is 2.58 bits per heavy atom. The summed E-state index contributed by atoms with van der Waals surface area (Å²) in [6.07, 6.45) is 2.17. The average Bonchev–Trinajstić information content (AvgIpc) is 3.57. The largest absolute Gasteiger partial charge is 0.338 e. The molecule has 3 aromatic rings. The Morgan fingerprint density at radius 1 is 1.15 bits per heavy atom. The van der Waals surface area contributed by atoms with Gasteiger partial charge in [-0.15, -0.1) is 10.2 Å². The maximum absolute atomic E-state index is 13.3. The summed E-state index contributed by atoms with van der Waals surface area (Å²) in [6.45, 7) is 6.63. The van der Waals surface area contributed by atoms with E-state index in [9.17, 15) is 9.59 Å². The second kappa shape index (κ2) is 10.2. The number of thioether (sulfide) groups is 1. The second-order valence-electron chi connectivity index (χ2n) is 8.28. The Hall–Kier alpha value is -3.13. The molecule has 0 aliphatic heterocycles. The first kappa shape index (κ1) is 23.0. The molecule has 8 heteroatoms. The van der Waals surface area contributed by atoms with Gasteiger partial charge in [-0.2, -0.15) is 0 Å². The lowest BCUT2D eigenvalue weighted by molar-refractivity contribution is -0.130. The molecule has 2 amide bonds. The lowest BCUT2D eigenvalue weighted by Crippen LogP contribution is -2.36. The van der Waals surface area contributed by atoms with Crippen molar-refractivity contribution in [2.24, 2.45) is 0 Å². The molecule has 0 spiro atoms. The summed E-state index contributed by atoms with van der Waals surface area (Å²) >= 11 is 1.42. The van der Waals surface area contributed by atoms with Crippen molar-refractivity contribution in [1.82, 2.24) is 19.7 Å². The minimum absolute atomic E-state index is 0.0703. The summed E-state index contributed by atoms with van der Waals surface area (Å²) in [5.41, 5.74) is 2.71. The molecular formula is C25H29N5O2S. The van der Waals surface area contributed by atoms with E-state index < -0.39 is 0 Å². The molecule has 2 aromatic carbocycles. The summed E-state index contributed by atoms with van der Waals surface area (Å²) in [5, 5.41) is 12.1. The van der Waals surface area contributed by atoms with Crippen LogP contribution in [0.2, 0.25) is 0 Å². The number of hydrogen-bond acceptors (Lipinski definition) is 5. The van der Waals surface area contributed by atoms with Crippen molar-refractivity contribution < 1.29 is 9.59 Å². The quantitative estimate of drug-likeness (QED) is 0.468. The molecule has 1 saturated carbocycles. The predicted molar refractivity (Wildman–Crippen MR) is 130 cm³/mol. The summed E-state index contributed by atoms with van der Waals surface area (Å²) in [4.78, 5) is 26.6. The van der Waals surface area contributed by atoms with E-state index in [0.29, 0.717) is 24.2 Å². The zero-order chi connectivity index (χ0) is 23.4. The highest BCUT2D eigenvalue weighted by molar-refractivity contribution is 8.00. The van der Waals surface area contributed by atoms with Crippen LogP contribution in [0, 0.1) is 0 Å². The van der Waals surface area contributed by atoms with Gasteiger partial charge in [0.1, 0.15) is 5.82 Å². The Balaban J connectivity index is 1.57. The third-order valence-corrected chi connectivity index (χ3v) is 6.60. The van der Waals surface area contributed by atoms with Crippen LogP contribution in [0.15, 0.2) is 59.8 Å². The minimum Gasteiger partial charge on any atom is -0.338 e. The van der Waals surface area contributed by atoms with Gasteiger partial charge in [0.05, 0.1) is 10.9 Å².